The first-order valence-electron chi connectivity index (χ1n) is 5.42. The zero-order valence-electron chi connectivity index (χ0n) is 8.86. The minimum atomic E-state index is -0.426. The molecule has 5 nitrogen and oxygen atoms in total. The molecule has 2 rings (SSSR count). The van der Waals surface area contributed by atoms with Crippen molar-refractivity contribution in [1.82, 2.24) is 9.78 Å². The first-order chi connectivity index (χ1) is 7.15. The third kappa shape index (κ3) is 1.56. The predicted molar refractivity (Wildman–Crippen MR) is 57.7 cm³/mol. The Morgan fingerprint density at radius 3 is 2.80 bits per heavy atom. The predicted octanol–water partition coefficient (Wildman–Crippen LogP) is 0.407. The van der Waals surface area contributed by atoms with Crippen LogP contribution in [-0.4, -0.2) is 21.0 Å². The monoisotopic (exact) mass is 211 g/mol. The van der Waals surface area contributed by atoms with E-state index in [-0.39, 0.29) is 17.3 Å². The van der Waals surface area contributed by atoms with Crippen LogP contribution in [0.3, 0.4) is 0 Å². The van der Waals surface area contributed by atoms with E-state index in [0.29, 0.717) is 6.42 Å². The number of aromatic amines is 1. The Morgan fingerprint density at radius 2 is 2.33 bits per heavy atom. The van der Waals surface area contributed by atoms with Crippen LogP contribution in [0, 0.1) is 0 Å². The second-order valence-corrected chi connectivity index (χ2v) is 4.10. The molecule has 1 saturated carbocycles. The van der Waals surface area contributed by atoms with Gasteiger partial charge in [0.15, 0.2) is 0 Å². The van der Waals surface area contributed by atoms with Gasteiger partial charge >= 0.3 is 0 Å². The molecule has 1 heterocycles. The van der Waals surface area contributed by atoms with Crippen LogP contribution in [0.5, 0.6) is 0 Å². The summed E-state index contributed by atoms with van der Waals surface area (Å²) in [4.78, 5) is 11.8. The molecule has 1 aliphatic carbocycles. The topological polar surface area (TPSA) is 84.0 Å². The van der Waals surface area contributed by atoms with Crippen LogP contribution in [0.4, 0.5) is 5.69 Å². The van der Waals surface area contributed by atoms with Crippen LogP contribution >= 0.6 is 0 Å². The highest BCUT2D eigenvalue weighted by Gasteiger charge is 2.29. The van der Waals surface area contributed by atoms with Crippen LogP contribution < -0.4 is 11.3 Å². The largest absolute Gasteiger partial charge is 0.393 e. The Bertz CT molecular complexity index is 407. The second kappa shape index (κ2) is 3.73. The lowest BCUT2D eigenvalue weighted by atomic mass is 10.2. The van der Waals surface area contributed by atoms with E-state index >= 15 is 0 Å². The number of nitrogens with zero attached hydrogens (tertiary/aromatic N) is 1. The van der Waals surface area contributed by atoms with E-state index in [1.54, 1.807) is 0 Å². The fourth-order valence-electron chi connectivity index (χ4n) is 2.24. The van der Waals surface area contributed by atoms with E-state index in [2.05, 4.69) is 5.10 Å². The van der Waals surface area contributed by atoms with Crippen molar-refractivity contribution < 1.29 is 5.11 Å². The highest BCUT2D eigenvalue weighted by Crippen LogP contribution is 2.28. The van der Waals surface area contributed by atoms with Gasteiger partial charge in [0, 0.05) is 0 Å². The Hall–Kier alpha value is -1.23. The number of anilines is 1. The number of hydrogen-bond acceptors (Lipinski definition) is 3. The SMILES string of the molecule is CCc1[nH]n(C2CCCC2O)c(=O)c1N. The Kier molecular flexibility index (Phi) is 2.56. The van der Waals surface area contributed by atoms with Crippen molar-refractivity contribution in [2.24, 2.45) is 0 Å². The minimum Gasteiger partial charge on any atom is -0.393 e. The quantitative estimate of drug-likeness (QED) is 0.662. The molecule has 1 fully saturated rings. The van der Waals surface area contributed by atoms with Crippen molar-refractivity contribution in [3.05, 3.63) is 16.0 Å². The van der Waals surface area contributed by atoms with Gasteiger partial charge in [-0.15, -0.1) is 0 Å². The van der Waals surface area contributed by atoms with E-state index in [4.69, 9.17) is 5.73 Å². The highest BCUT2D eigenvalue weighted by molar-refractivity contribution is 5.40. The summed E-state index contributed by atoms with van der Waals surface area (Å²) in [5.41, 5.74) is 6.54. The van der Waals surface area contributed by atoms with Crippen molar-refractivity contribution >= 4 is 5.69 Å². The summed E-state index contributed by atoms with van der Waals surface area (Å²) in [7, 11) is 0. The molecular weight excluding hydrogens is 194 g/mol. The molecule has 0 saturated heterocycles. The van der Waals surface area contributed by atoms with Crippen molar-refractivity contribution in [2.75, 3.05) is 5.73 Å². The van der Waals surface area contributed by atoms with Gasteiger partial charge in [0.2, 0.25) is 0 Å². The lowest BCUT2D eigenvalue weighted by Gasteiger charge is -2.14. The molecule has 5 heteroatoms. The molecule has 1 aromatic heterocycles. The fourth-order valence-corrected chi connectivity index (χ4v) is 2.24. The third-order valence-electron chi connectivity index (χ3n) is 3.16. The molecule has 2 atom stereocenters. The van der Waals surface area contributed by atoms with Gasteiger partial charge in [-0.2, -0.15) is 0 Å². The summed E-state index contributed by atoms with van der Waals surface area (Å²) >= 11 is 0. The van der Waals surface area contributed by atoms with E-state index in [9.17, 15) is 9.90 Å². The molecule has 0 radical (unpaired) electrons. The summed E-state index contributed by atoms with van der Waals surface area (Å²) in [6, 6.07) is -0.125. The van der Waals surface area contributed by atoms with Crippen LogP contribution in [0.1, 0.15) is 37.9 Å². The zero-order valence-corrected chi connectivity index (χ0v) is 8.86. The number of hydrogen-bond donors (Lipinski definition) is 3. The number of aromatic nitrogens is 2. The number of aryl methyl sites for hydroxylation is 1. The molecule has 0 aromatic carbocycles. The highest BCUT2D eigenvalue weighted by atomic mass is 16.3. The normalized spacial score (nSPS) is 26.0. The molecule has 0 bridgehead atoms. The zero-order chi connectivity index (χ0) is 11.0. The minimum absolute atomic E-state index is 0.125. The van der Waals surface area contributed by atoms with Crippen molar-refractivity contribution in [1.29, 1.82) is 0 Å². The summed E-state index contributed by atoms with van der Waals surface area (Å²) < 4.78 is 1.49. The first-order valence-corrected chi connectivity index (χ1v) is 5.42. The van der Waals surface area contributed by atoms with E-state index < -0.39 is 6.10 Å². The van der Waals surface area contributed by atoms with E-state index in [1.807, 2.05) is 6.92 Å². The maximum absolute atomic E-state index is 11.8. The molecule has 0 amide bonds. The van der Waals surface area contributed by atoms with Crippen molar-refractivity contribution in [3.63, 3.8) is 0 Å². The lowest BCUT2D eigenvalue weighted by molar-refractivity contribution is 0.128. The van der Waals surface area contributed by atoms with Gasteiger partial charge in [0.05, 0.1) is 17.8 Å². The summed E-state index contributed by atoms with van der Waals surface area (Å²) in [5.74, 6) is 0. The fraction of sp³-hybridized carbons (Fsp3) is 0.700. The van der Waals surface area contributed by atoms with Crippen LogP contribution in [-0.2, 0) is 6.42 Å². The number of nitrogen functional groups attached to an aromatic ring is 1. The second-order valence-electron chi connectivity index (χ2n) is 4.10. The Labute approximate surface area is 87.9 Å². The number of nitrogens with two attached hydrogens (primary N) is 1. The van der Waals surface area contributed by atoms with Gasteiger partial charge in [0.1, 0.15) is 5.69 Å². The smallest absolute Gasteiger partial charge is 0.290 e. The maximum atomic E-state index is 11.8. The molecule has 0 spiro atoms. The number of rotatable bonds is 2. The number of aliphatic hydroxyl groups excluding tert-OH is 1. The van der Waals surface area contributed by atoms with Crippen molar-refractivity contribution in [2.45, 2.75) is 44.8 Å². The number of H-pyrrole nitrogens is 1. The van der Waals surface area contributed by atoms with Crippen LogP contribution in [0.15, 0.2) is 4.79 Å². The molecule has 2 unspecified atom stereocenters. The van der Waals surface area contributed by atoms with Crippen LogP contribution in [0.25, 0.3) is 0 Å². The van der Waals surface area contributed by atoms with Gasteiger partial charge in [-0.1, -0.05) is 6.92 Å². The third-order valence-corrected chi connectivity index (χ3v) is 3.16. The van der Waals surface area contributed by atoms with Gasteiger partial charge in [-0.25, -0.2) is 4.68 Å². The molecule has 15 heavy (non-hydrogen) atoms. The van der Waals surface area contributed by atoms with Gasteiger partial charge < -0.3 is 10.8 Å². The van der Waals surface area contributed by atoms with E-state index in [1.165, 1.54) is 4.68 Å². The van der Waals surface area contributed by atoms with Gasteiger partial charge in [-0.3, -0.25) is 9.89 Å². The first kappa shape index (κ1) is 10.3. The Morgan fingerprint density at radius 1 is 1.60 bits per heavy atom. The molecule has 84 valence electrons. The molecule has 0 aliphatic heterocycles. The summed E-state index contributed by atoms with van der Waals surface area (Å²) in [6.07, 6.45) is 2.84. The van der Waals surface area contributed by atoms with Gasteiger partial charge in [-0.05, 0) is 25.7 Å². The summed E-state index contributed by atoms with van der Waals surface area (Å²) in [6.45, 7) is 1.94. The molecular formula is C10H17N3O2. The van der Waals surface area contributed by atoms with Crippen LogP contribution in [0.2, 0.25) is 0 Å². The molecule has 1 aliphatic rings. The molecule has 4 N–H and O–H groups in total. The Balaban J connectivity index is 2.40. The molecule has 1 aromatic rings. The standard InChI is InChI=1S/C10H17N3O2/c1-2-6-9(11)10(15)13(12-6)7-4-3-5-8(7)14/h7-8,12,14H,2-5,11H2,1H3. The maximum Gasteiger partial charge on any atom is 0.290 e. The number of aliphatic hydroxyl groups is 1. The van der Waals surface area contributed by atoms with Gasteiger partial charge in [0.25, 0.3) is 5.56 Å². The lowest BCUT2D eigenvalue weighted by Crippen LogP contribution is -2.28. The van der Waals surface area contributed by atoms with E-state index in [0.717, 1.165) is 25.0 Å². The summed E-state index contributed by atoms with van der Waals surface area (Å²) in [5, 5.41) is 12.7. The average molecular weight is 211 g/mol. The number of nitrogens with one attached hydrogen (secondary N) is 1. The average Bonchev–Trinajstić information content (AvgIpc) is 2.74. The van der Waals surface area contributed by atoms with Crippen molar-refractivity contribution in [3.8, 4) is 0 Å².